The highest BCUT2D eigenvalue weighted by Gasteiger charge is 2.16. The van der Waals surface area contributed by atoms with Crippen LogP contribution in [-0.2, 0) is 18.9 Å². The lowest BCUT2D eigenvalue weighted by Crippen LogP contribution is -2.33. The quantitative estimate of drug-likeness (QED) is 0.255. The highest BCUT2D eigenvalue weighted by molar-refractivity contribution is 6.10. The summed E-state index contributed by atoms with van der Waals surface area (Å²) in [6, 6.07) is 5.24. The van der Waals surface area contributed by atoms with Crippen LogP contribution in [0.1, 0.15) is 68.2 Å². The van der Waals surface area contributed by atoms with Crippen LogP contribution in [0.25, 0.3) is 0 Å². The third-order valence-electron chi connectivity index (χ3n) is 4.45. The maximum absolute atomic E-state index is 11.9. The zero-order valence-electron chi connectivity index (χ0n) is 21.2. The molecule has 34 heavy (non-hydrogen) atoms. The fourth-order valence-electron chi connectivity index (χ4n) is 2.99. The number of carbonyl (C=O) groups excluding carboxylic acids is 3. The van der Waals surface area contributed by atoms with Crippen LogP contribution in [0.2, 0.25) is 0 Å². The van der Waals surface area contributed by atoms with Crippen molar-refractivity contribution < 1.29 is 33.3 Å². The molecule has 0 heterocycles. The summed E-state index contributed by atoms with van der Waals surface area (Å²) in [4.78, 5) is 35.2. The Morgan fingerprint density at radius 3 is 1.88 bits per heavy atom. The fraction of sp³-hybridized carbons (Fsp3) is 0.640. The van der Waals surface area contributed by atoms with Gasteiger partial charge < -0.3 is 29.6 Å². The van der Waals surface area contributed by atoms with Crippen molar-refractivity contribution >= 4 is 23.3 Å². The Kier molecular flexibility index (Phi) is 14.1. The summed E-state index contributed by atoms with van der Waals surface area (Å²) in [5.74, 6) is -0.263. The van der Waals surface area contributed by atoms with E-state index in [2.05, 4.69) is 10.6 Å². The zero-order chi connectivity index (χ0) is 25.4. The number of anilines is 1. The molecule has 0 aliphatic carbocycles. The van der Waals surface area contributed by atoms with Crippen molar-refractivity contribution in [2.45, 2.75) is 53.1 Å². The third-order valence-corrected chi connectivity index (χ3v) is 4.45. The van der Waals surface area contributed by atoms with Gasteiger partial charge in [-0.15, -0.1) is 0 Å². The number of amides is 1. The van der Waals surface area contributed by atoms with Crippen LogP contribution < -0.4 is 10.6 Å². The number of hydrogen-bond donors (Lipinski definition) is 2. The van der Waals surface area contributed by atoms with E-state index in [1.54, 1.807) is 18.2 Å². The largest absolute Gasteiger partial charge is 0.444 e. The molecule has 0 saturated carbocycles. The van der Waals surface area contributed by atoms with Gasteiger partial charge in [0.2, 0.25) is 0 Å². The number of Topliss-reactive ketones (excluding diaryl/α,β-unsaturated/α-hetero) is 2. The van der Waals surface area contributed by atoms with E-state index in [1.165, 1.54) is 13.8 Å². The van der Waals surface area contributed by atoms with E-state index in [1.807, 2.05) is 20.8 Å². The Morgan fingerprint density at radius 1 is 0.794 bits per heavy atom. The molecule has 1 amide bonds. The van der Waals surface area contributed by atoms with Gasteiger partial charge in [0, 0.05) is 37.6 Å². The van der Waals surface area contributed by atoms with Crippen molar-refractivity contribution in [2.75, 3.05) is 58.0 Å². The molecule has 0 aromatic heterocycles. The number of nitrogens with one attached hydrogen (secondary N) is 2. The van der Waals surface area contributed by atoms with E-state index in [-0.39, 0.29) is 11.6 Å². The Labute approximate surface area is 202 Å². The molecule has 0 spiro atoms. The first kappa shape index (κ1) is 29.5. The lowest BCUT2D eigenvalue weighted by molar-refractivity contribution is 0.0139. The molecule has 0 radical (unpaired) electrons. The molecule has 0 bridgehead atoms. The molecule has 2 N–H and O–H groups in total. The first-order valence-electron chi connectivity index (χ1n) is 11.7. The Morgan fingerprint density at radius 2 is 1.35 bits per heavy atom. The van der Waals surface area contributed by atoms with Gasteiger partial charge in [0.05, 0.1) is 32.0 Å². The summed E-state index contributed by atoms with van der Waals surface area (Å²) in [7, 11) is 0. The monoisotopic (exact) mass is 480 g/mol. The molecule has 0 saturated heterocycles. The van der Waals surface area contributed by atoms with Crippen LogP contribution in [-0.4, -0.2) is 76.0 Å². The standard InChI is InChI=1S/C25H40N2O7/c1-19(28)21-9-6-10-22(23(21)20(2)29)26-11-7-13-31-15-17-33-18-16-32-14-8-12-27-24(30)34-25(3,4)5/h6,9-10,26H,7-8,11-18H2,1-5H3,(H,27,30). The average molecular weight is 481 g/mol. The minimum Gasteiger partial charge on any atom is -0.444 e. The molecule has 0 fully saturated rings. The second kappa shape index (κ2) is 16.2. The summed E-state index contributed by atoms with van der Waals surface area (Å²) < 4.78 is 21.6. The van der Waals surface area contributed by atoms with Crippen LogP contribution in [0, 0.1) is 0 Å². The number of alkyl carbamates (subject to hydrolysis) is 1. The van der Waals surface area contributed by atoms with Crippen molar-refractivity contribution in [1.82, 2.24) is 5.32 Å². The molecule has 0 atom stereocenters. The van der Waals surface area contributed by atoms with E-state index >= 15 is 0 Å². The molecule has 0 aliphatic rings. The molecule has 1 rings (SSSR count). The van der Waals surface area contributed by atoms with Crippen molar-refractivity contribution in [2.24, 2.45) is 0 Å². The highest BCUT2D eigenvalue weighted by atomic mass is 16.6. The highest BCUT2D eigenvalue weighted by Crippen LogP contribution is 2.21. The third kappa shape index (κ3) is 13.3. The number of rotatable bonds is 17. The molecule has 1 aromatic carbocycles. The smallest absolute Gasteiger partial charge is 0.407 e. The van der Waals surface area contributed by atoms with Crippen LogP contribution in [0.15, 0.2) is 18.2 Å². The SMILES string of the molecule is CC(=O)c1cccc(NCCCOCCOCCOCCCNC(=O)OC(C)(C)C)c1C(C)=O. The van der Waals surface area contributed by atoms with E-state index < -0.39 is 11.7 Å². The van der Waals surface area contributed by atoms with E-state index in [0.29, 0.717) is 76.0 Å². The molecule has 9 nitrogen and oxygen atoms in total. The van der Waals surface area contributed by atoms with Gasteiger partial charge in [-0.05, 0) is 53.5 Å². The second-order valence-electron chi connectivity index (χ2n) is 8.74. The van der Waals surface area contributed by atoms with E-state index in [0.717, 1.165) is 6.42 Å². The fourth-order valence-corrected chi connectivity index (χ4v) is 2.99. The Balaban J connectivity index is 1.99. The van der Waals surface area contributed by atoms with E-state index in [4.69, 9.17) is 18.9 Å². The van der Waals surface area contributed by atoms with E-state index in [9.17, 15) is 14.4 Å². The van der Waals surface area contributed by atoms with Gasteiger partial charge in [-0.25, -0.2) is 4.79 Å². The summed E-state index contributed by atoms with van der Waals surface area (Å²) in [6.07, 6.45) is 1.03. The number of benzene rings is 1. The number of ether oxygens (including phenoxy) is 4. The molecular formula is C25H40N2O7. The van der Waals surface area contributed by atoms with Gasteiger partial charge >= 0.3 is 6.09 Å². The normalized spacial score (nSPS) is 11.2. The van der Waals surface area contributed by atoms with Gasteiger partial charge in [0.25, 0.3) is 0 Å². The van der Waals surface area contributed by atoms with Crippen LogP contribution in [0.4, 0.5) is 10.5 Å². The molecule has 192 valence electrons. The molecule has 1 aromatic rings. The van der Waals surface area contributed by atoms with Crippen molar-refractivity contribution in [3.05, 3.63) is 29.3 Å². The first-order chi connectivity index (χ1) is 16.1. The predicted molar refractivity (Wildman–Crippen MR) is 131 cm³/mol. The maximum atomic E-state index is 11.9. The number of carbonyl (C=O) groups is 3. The second-order valence-corrected chi connectivity index (χ2v) is 8.74. The number of hydrogen-bond acceptors (Lipinski definition) is 8. The zero-order valence-corrected chi connectivity index (χ0v) is 21.2. The van der Waals surface area contributed by atoms with Crippen LogP contribution >= 0.6 is 0 Å². The lowest BCUT2D eigenvalue weighted by atomic mass is 9.99. The predicted octanol–water partition coefficient (Wildman–Crippen LogP) is 3.86. The van der Waals surface area contributed by atoms with Crippen LogP contribution in [0.3, 0.4) is 0 Å². The van der Waals surface area contributed by atoms with Crippen molar-refractivity contribution in [3.8, 4) is 0 Å². The van der Waals surface area contributed by atoms with Gasteiger partial charge in [-0.2, -0.15) is 0 Å². The van der Waals surface area contributed by atoms with Crippen molar-refractivity contribution in [1.29, 1.82) is 0 Å². The molecule has 0 aliphatic heterocycles. The lowest BCUT2D eigenvalue weighted by Gasteiger charge is -2.19. The molecule has 0 unspecified atom stereocenters. The van der Waals surface area contributed by atoms with Gasteiger partial charge in [-0.1, -0.05) is 12.1 Å². The number of ketones is 2. The summed E-state index contributed by atoms with van der Waals surface area (Å²) >= 11 is 0. The average Bonchev–Trinajstić information content (AvgIpc) is 2.74. The van der Waals surface area contributed by atoms with Gasteiger partial charge in [-0.3, -0.25) is 9.59 Å². The summed E-state index contributed by atoms with van der Waals surface area (Å²) in [5, 5.41) is 5.90. The van der Waals surface area contributed by atoms with Gasteiger partial charge in [0.1, 0.15) is 5.60 Å². The van der Waals surface area contributed by atoms with Crippen LogP contribution in [0.5, 0.6) is 0 Å². The minimum atomic E-state index is -0.497. The first-order valence-corrected chi connectivity index (χ1v) is 11.7. The summed E-state index contributed by atoms with van der Waals surface area (Å²) in [6.45, 7) is 12.5. The Hall–Kier alpha value is -2.49. The maximum Gasteiger partial charge on any atom is 0.407 e. The molecular weight excluding hydrogens is 440 g/mol. The Bertz CT molecular complexity index is 775. The topological polar surface area (TPSA) is 112 Å². The minimum absolute atomic E-state index is 0.127. The summed E-state index contributed by atoms with van der Waals surface area (Å²) in [5.41, 5.74) is 1.05. The van der Waals surface area contributed by atoms with Crippen molar-refractivity contribution in [3.63, 3.8) is 0 Å². The molecule has 9 heteroatoms. The van der Waals surface area contributed by atoms with Gasteiger partial charge in [0.15, 0.2) is 11.6 Å².